The SMILES string of the molecule is CCNCC(c1ccccc1)N(C)CC1CCCC1. The third kappa shape index (κ3) is 4.32. The maximum atomic E-state index is 3.51. The molecule has 0 bridgehead atoms. The fourth-order valence-electron chi connectivity index (χ4n) is 3.21. The van der Waals surface area contributed by atoms with Crippen LogP contribution in [0.4, 0.5) is 0 Å². The minimum atomic E-state index is 0.502. The number of likely N-dealkylation sites (N-methyl/N-ethyl adjacent to an activating group) is 2. The molecule has 1 fully saturated rings. The minimum absolute atomic E-state index is 0.502. The van der Waals surface area contributed by atoms with Crippen LogP contribution in [0.1, 0.15) is 44.2 Å². The zero-order valence-corrected chi connectivity index (χ0v) is 12.4. The van der Waals surface area contributed by atoms with E-state index in [9.17, 15) is 0 Å². The fraction of sp³-hybridized carbons (Fsp3) is 0.647. The van der Waals surface area contributed by atoms with Crippen molar-refractivity contribution >= 4 is 0 Å². The monoisotopic (exact) mass is 260 g/mol. The number of rotatable bonds is 7. The molecule has 0 amide bonds. The van der Waals surface area contributed by atoms with Gasteiger partial charge in [0, 0.05) is 19.1 Å². The Hall–Kier alpha value is -0.860. The number of nitrogens with one attached hydrogen (secondary N) is 1. The molecule has 1 aromatic carbocycles. The van der Waals surface area contributed by atoms with Crippen molar-refractivity contribution in [3.8, 4) is 0 Å². The molecule has 0 aromatic heterocycles. The van der Waals surface area contributed by atoms with E-state index >= 15 is 0 Å². The summed E-state index contributed by atoms with van der Waals surface area (Å²) in [7, 11) is 2.29. The first-order valence-corrected chi connectivity index (χ1v) is 7.77. The predicted octanol–water partition coefficient (Wildman–Crippen LogP) is 3.46. The maximum absolute atomic E-state index is 3.51. The molecule has 2 heteroatoms. The molecular formula is C17H28N2. The van der Waals surface area contributed by atoms with Gasteiger partial charge in [-0.25, -0.2) is 0 Å². The highest BCUT2D eigenvalue weighted by atomic mass is 15.1. The molecule has 1 saturated carbocycles. The van der Waals surface area contributed by atoms with E-state index in [4.69, 9.17) is 0 Å². The Kier molecular flexibility index (Phi) is 5.87. The first-order valence-electron chi connectivity index (χ1n) is 7.77. The molecule has 1 aliphatic rings. The lowest BCUT2D eigenvalue weighted by Crippen LogP contribution is -2.35. The van der Waals surface area contributed by atoms with Crippen molar-refractivity contribution in [3.63, 3.8) is 0 Å². The van der Waals surface area contributed by atoms with Crippen LogP contribution < -0.4 is 5.32 Å². The number of benzene rings is 1. The van der Waals surface area contributed by atoms with Crippen LogP contribution >= 0.6 is 0 Å². The standard InChI is InChI=1S/C17H28N2/c1-3-18-13-17(16-11-5-4-6-12-16)19(2)14-15-9-7-8-10-15/h4-6,11-12,15,17-18H,3,7-10,13-14H2,1-2H3. The summed E-state index contributed by atoms with van der Waals surface area (Å²) >= 11 is 0. The third-order valence-electron chi connectivity index (χ3n) is 4.33. The minimum Gasteiger partial charge on any atom is -0.315 e. The molecule has 1 unspecified atom stereocenters. The first-order chi connectivity index (χ1) is 9.31. The molecule has 0 saturated heterocycles. The molecule has 0 aliphatic heterocycles. The van der Waals surface area contributed by atoms with E-state index in [1.165, 1.54) is 37.8 Å². The van der Waals surface area contributed by atoms with Gasteiger partial charge < -0.3 is 5.32 Å². The van der Waals surface area contributed by atoms with E-state index in [0.29, 0.717) is 6.04 Å². The number of hydrogen-bond acceptors (Lipinski definition) is 2. The average molecular weight is 260 g/mol. The van der Waals surface area contributed by atoms with Crippen LogP contribution in [0.2, 0.25) is 0 Å². The maximum Gasteiger partial charge on any atom is 0.0469 e. The Morgan fingerprint density at radius 1 is 1.21 bits per heavy atom. The van der Waals surface area contributed by atoms with Gasteiger partial charge in [0.25, 0.3) is 0 Å². The lowest BCUT2D eigenvalue weighted by molar-refractivity contribution is 0.204. The van der Waals surface area contributed by atoms with Gasteiger partial charge in [-0.15, -0.1) is 0 Å². The van der Waals surface area contributed by atoms with E-state index in [1.54, 1.807) is 0 Å². The van der Waals surface area contributed by atoms with Crippen molar-refractivity contribution in [3.05, 3.63) is 35.9 Å². The van der Waals surface area contributed by atoms with Gasteiger partial charge in [-0.05, 0) is 37.9 Å². The van der Waals surface area contributed by atoms with Gasteiger partial charge in [0.2, 0.25) is 0 Å². The van der Waals surface area contributed by atoms with E-state index in [1.807, 2.05) is 0 Å². The van der Waals surface area contributed by atoms with Crippen LogP contribution in [-0.2, 0) is 0 Å². The summed E-state index contributed by atoms with van der Waals surface area (Å²) < 4.78 is 0. The second kappa shape index (κ2) is 7.66. The largest absolute Gasteiger partial charge is 0.315 e. The van der Waals surface area contributed by atoms with Crippen LogP contribution in [-0.4, -0.2) is 31.6 Å². The summed E-state index contributed by atoms with van der Waals surface area (Å²) in [5.74, 6) is 0.915. The Bertz CT molecular complexity index is 344. The second-order valence-corrected chi connectivity index (χ2v) is 5.82. The smallest absolute Gasteiger partial charge is 0.0469 e. The van der Waals surface area contributed by atoms with Crippen LogP contribution in [0.3, 0.4) is 0 Å². The van der Waals surface area contributed by atoms with Gasteiger partial charge in [-0.3, -0.25) is 4.90 Å². The van der Waals surface area contributed by atoms with Gasteiger partial charge in [0.15, 0.2) is 0 Å². The van der Waals surface area contributed by atoms with Crippen molar-refractivity contribution in [2.24, 2.45) is 5.92 Å². The topological polar surface area (TPSA) is 15.3 Å². The Morgan fingerprint density at radius 2 is 1.89 bits per heavy atom. The summed E-state index contributed by atoms with van der Waals surface area (Å²) in [4.78, 5) is 2.55. The molecule has 2 nitrogen and oxygen atoms in total. The Balaban J connectivity index is 1.99. The first kappa shape index (κ1) is 14.5. The molecule has 1 N–H and O–H groups in total. The zero-order valence-electron chi connectivity index (χ0n) is 12.4. The van der Waals surface area contributed by atoms with Gasteiger partial charge in [0.05, 0.1) is 0 Å². The van der Waals surface area contributed by atoms with Crippen LogP contribution in [0.5, 0.6) is 0 Å². The van der Waals surface area contributed by atoms with Gasteiger partial charge in [-0.1, -0.05) is 50.1 Å². The van der Waals surface area contributed by atoms with E-state index in [0.717, 1.165) is 19.0 Å². The highest BCUT2D eigenvalue weighted by molar-refractivity contribution is 5.19. The summed E-state index contributed by atoms with van der Waals surface area (Å²) in [6.45, 7) is 5.51. The molecule has 0 spiro atoms. The fourth-order valence-corrected chi connectivity index (χ4v) is 3.21. The molecule has 19 heavy (non-hydrogen) atoms. The second-order valence-electron chi connectivity index (χ2n) is 5.82. The normalized spacial score (nSPS) is 18.1. The predicted molar refractivity (Wildman–Crippen MR) is 82.3 cm³/mol. The lowest BCUT2D eigenvalue weighted by atomic mass is 10.0. The Labute approximate surface area is 118 Å². The van der Waals surface area contributed by atoms with Crippen LogP contribution in [0.25, 0.3) is 0 Å². The van der Waals surface area contributed by atoms with Gasteiger partial charge in [-0.2, -0.15) is 0 Å². The molecule has 1 aromatic rings. The number of hydrogen-bond donors (Lipinski definition) is 1. The van der Waals surface area contributed by atoms with E-state index in [2.05, 4.69) is 54.5 Å². The summed E-state index contributed by atoms with van der Waals surface area (Å²) in [5, 5.41) is 3.51. The van der Waals surface area contributed by atoms with Crippen LogP contribution in [0.15, 0.2) is 30.3 Å². The van der Waals surface area contributed by atoms with Crippen molar-refractivity contribution in [1.82, 2.24) is 10.2 Å². The summed E-state index contributed by atoms with van der Waals surface area (Å²) in [5.41, 5.74) is 1.43. The van der Waals surface area contributed by atoms with Gasteiger partial charge >= 0.3 is 0 Å². The summed E-state index contributed by atoms with van der Waals surface area (Å²) in [6, 6.07) is 11.4. The molecule has 2 rings (SSSR count). The van der Waals surface area contributed by atoms with E-state index in [-0.39, 0.29) is 0 Å². The lowest BCUT2D eigenvalue weighted by Gasteiger charge is -2.31. The van der Waals surface area contributed by atoms with Crippen molar-refractivity contribution in [2.45, 2.75) is 38.6 Å². The van der Waals surface area contributed by atoms with Crippen LogP contribution in [0, 0.1) is 5.92 Å². The number of nitrogens with zero attached hydrogens (tertiary/aromatic N) is 1. The Morgan fingerprint density at radius 3 is 2.53 bits per heavy atom. The average Bonchev–Trinajstić information content (AvgIpc) is 2.93. The molecule has 0 radical (unpaired) electrons. The molecule has 0 heterocycles. The molecule has 1 aliphatic carbocycles. The highest BCUT2D eigenvalue weighted by Crippen LogP contribution is 2.28. The highest BCUT2D eigenvalue weighted by Gasteiger charge is 2.22. The van der Waals surface area contributed by atoms with E-state index < -0.39 is 0 Å². The van der Waals surface area contributed by atoms with Gasteiger partial charge in [0.1, 0.15) is 0 Å². The quantitative estimate of drug-likeness (QED) is 0.807. The van der Waals surface area contributed by atoms with Crippen molar-refractivity contribution < 1.29 is 0 Å². The molecule has 1 atom stereocenters. The summed E-state index contributed by atoms with van der Waals surface area (Å²) in [6.07, 6.45) is 5.71. The van der Waals surface area contributed by atoms with Crippen molar-refractivity contribution in [1.29, 1.82) is 0 Å². The molecular weight excluding hydrogens is 232 g/mol. The third-order valence-corrected chi connectivity index (χ3v) is 4.33. The van der Waals surface area contributed by atoms with Crippen molar-refractivity contribution in [2.75, 3.05) is 26.7 Å². The molecule has 106 valence electrons. The zero-order chi connectivity index (χ0) is 13.5.